The monoisotopic (exact) mass is 380 g/mol. The van der Waals surface area contributed by atoms with Crippen LogP contribution in [0.2, 0.25) is 0 Å². The zero-order valence-electron chi connectivity index (χ0n) is 14.3. The predicted molar refractivity (Wildman–Crippen MR) is 105 cm³/mol. The Hall–Kier alpha value is -3.32. The summed E-state index contributed by atoms with van der Waals surface area (Å²) >= 11 is 1.42. The number of fused-ring (bicyclic) bond motifs is 1. The number of hydrogen-bond acceptors (Lipinski definition) is 5. The normalized spacial score (nSPS) is 16.1. The van der Waals surface area contributed by atoms with E-state index in [2.05, 4.69) is 18.5 Å². The summed E-state index contributed by atoms with van der Waals surface area (Å²) in [6.07, 6.45) is 4.88. The summed E-state index contributed by atoms with van der Waals surface area (Å²) in [7, 11) is 0. The molecule has 1 N–H and O–H groups in total. The topological polar surface area (TPSA) is 81.5 Å². The molecule has 0 saturated carbocycles. The predicted octanol–water partition coefficient (Wildman–Crippen LogP) is 4.76. The second kappa shape index (κ2) is 7.92. The minimum atomic E-state index is -0.515. The van der Waals surface area contributed by atoms with Gasteiger partial charge in [0.2, 0.25) is 0 Å². The number of rotatable bonds is 6. The van der Waals surface area contributed by atoms with Crippen molar-refractivity contribution < 1.29 is 14.5 Å². The lowest BCUT2D eigenvalue weighted by Gasteiger charge is -2.25. The summed E-state index contributed by atoms with van der Waals surface area (Å²) in [6, 6.07) is 11.6. The number of nitrogens with one attached hydrogen (secondary N) is 1. The van der Waals surface area contributed by atoms with Crippen molar-refractivity contribution in [3.63, 3.8) is 0 Å². The first-order valence-electron chi connectivity index (χ1n) is 8.00. The van der Waals surface area contributed by atoms with E-state index in [9.17, 15) is 14.9 Å². The lowest BCUT2D eigenvalue weighted by Crippen LogP contribution is -2.30. The van der Waals surface area contributed by atoms with Crippen LogP contribution < -0.4 is 10.1 Å². The van der Waals surface area contributed by atoms with Crippen LogP contribution in [0.25, 0.3) is 0 Å². The van der Waals surface area contributed by atoms with Crippen molar-refractivity contribution in [2.75, 3.05) is 0 Å². The molecule has 1 heterocycles. The molecule has 0 saturated heterocycles. The number of hydrogen-bond donors (Lipinski definition) is 1. The standard InChI is InChI=1S/C20H16N2O4S/c1-3-6-15(4-2)26-16-8-5-7-13(11-16)20-21-19(23)17-12-14(22(24)25)9-10-18(17)27-20/h3-12,20H,1-2H2,(H,21,23)/b15-6+. The molecule has 1 aliphatic rings. The van der Waals surface area contributed by atoms with Gasteiger partial charge in [0.25, 0.3) is 11.6 Å². The summed E-state index contributed by atoms with van der Waals surface area (Å²) in [5.74, 6) is 0.812. The van der Waals surface area contributed by atoms with Crippen LogP contribution >= 0.6 is 11.8 Å². The number of non-ortho nitro benzene ring substituents is 1. The van der Waals surface area contributed by atoms with Gasteiger partial charge in [-0.05, 0) is 35.9 Å². The van der Waals surface area contributed by atoms with E-state index in [1.165, 1.54) is 23.9 Å². The summed E-state index contributed by atoms with van der Waals surface area (Å²) in [4.78, 5) is 23.5. The van der Waals surface area contributed by atoms with Gasteiger partial charge in [-0.1, -0.05) is 43.1 Å². The molecule has 1 atom stereocenters. The Morgan fingerprint density at radius 1 is 1.26 bits per heavy atom. The van der Waals surface area contributed by atoms with E-state index >= 15 is 0 Å². The minimum Gasteiger partial charge on any atom is -0.457 e. The second-order valence-electron chi connectivity index (χ2n) is 5.59. The molecule has 0 fully saturated rings. The molecule has 0 bridgehead atoms. The fourth-order valence-corrected chi connectivity index (χ4v) is 3.68. The van der Waals surface area contributed by atoms with Gasteiger partial charge in [-0.15, -0.1) is 0 Å². The van der Waals surface area contributed by atoms with Gasteiger partial charge in [-0.2, -0.15) is 0 Å². The van der Waals surface area contributed by atoms with Gasteiger partial charge in [0.15, 0.2) is 0 Å². The van der Waals surface area contributed by atoms with E-state index < -0.39 is 4.92 Å². The summed E-state index contributed by atoms with van der Waals surface area (Å²) in [5, 5.41) is 13.5. The van der Waals surface area contributed by atoms with Crippen LogP contribution in [-0.2, 0) is 0 Å². The zero-order chi connectivity index (χ0) is 19.4. The van der Waals surface area contributed by atoms with Crippen molar-refractivity contribution >= 4 is 23.4 Å². The molecule has 6 nitrogen and oxygen atoms in total. The van der Waals surface area contributed by atoms with E-state index in [4.69, 9.17) is 4.74 Å². The molecule has 1 unspecified atom stereocenters. The van der Waals surface area contributed by atoms with Gasteiger partial charge in [-0.3, -0.25) is 14.9 Å². The Labute approximate surface area is 160 Å². The molecule has 3 rings (SSSR count). The Kier molecular flexibility index (Phi) is 5.42. The smallest absolute Gasteiger partial charge is 0.270 e. The van der Waals surface area contributed by atoms with Crippen molar-refractivity contribution in [2.45, 2.75) is 10.3 Å². The van der Waals surface area contributed by atoms with Gasteiger partial charge >= 0.3 is 0 Å². The highest BCUT2D eigenvalue weighted by Crippen LogP contribution is 2.40. The Morgan fingerprint density at radius 2 is 2.07 bits per heavy atom. The molecule has 27 heavy (non-hydrogen) atoms. The lowest BCUT2D eigenvalue weighted by molar-refractivity contribution is -0.384. The average Bonchev–Trinajstić information content (AvgIpc) is 2.67. The Morgan fingerprint density at radius 3 is 2.78 bits per heavy atom. The quantitative estimate of drug-likeness (QED) is 0.338. The fourth-order valence-electron chi connectivity index (χ4n) is 2.55. The Balaban J connectivity index is 1.86. The van der Waals surface area contributed by atoms with Crippen LogP contribution in [0.3, 0.4) is 0 Å². The number of amides is 1. The molecule has 2 aromatic rings. The number of carbonyl (C=O) groups is 1. The summed E-state index contributed by atoms with van der Waals surface area (Å²) in [6.45, 7) is 7.32. The van der Waals surface area contributed by atoms with Crippen LogP contribution in [0, 0.1) is 10.1 Å². The van der Waals surface area contributed by atoms with E-state index in [1.54, 1.807) is 30.4 Å². The number of carbonyl (C=O) groups excluding carboxylic acids is 1. The number of ether oxygens (including phenoxy) is 1. The van der Waals surface area contributed by atoms with Crippen LogP contribution in [0.15, 0.2) is 84.5 Å². The zero-order valence-corrected chi connectivity index (χ0v) is 15.1. The van der Waals surface area contributed by atoms with Crippen molar-refractivity contribution in [1.82, 2.24) is 5.32 Å². The number of nitro groups is 1. The molecule has 7 heteroatoms. The number of nitrogens with zero attached hydrogens (tertiary/aromatic N) is 1. The SMILES string of the molecule is C=C/C=C(\C=C)Oc1cccc(C2NC(=O)c3cc([N+](=O)[O-])ccc3S2)c1. The van der Waals surface area contributed by atoms with Gasteiger partial charge < -0.3 is 10.1 Å². The second-order valence-corrected chi connectivity index (χ2v) is 6.74. The van der Waals surface area contributed by atoms with Gasteiger partial charge in [-0.25, -0.2) is 0 Å². The maximum atomic E-state index is 12.4. The maximum Gasteiger partial charge on any atom is 0.270 e. The van der Waals surface area contributed by atoms with Gasteiger partial charge in [0.1, 0.15) is 16.9 Å². The third-order valence-corrected chi connectivity index (χ3v) is 5.04. The molecular weight excluding hydrogens is 364 g/mol. The third-order valence-electron chi connectivity index (χ3n) is 3.81. The fraction of sp³-hybridized carbons (Fsp3) is 0.0500. The van der Waals surface area contributed by atoms with Crippen molar-refractivity contribution in [2.24, 2.45) is 0 Å². The largest absolute Gasteiger partial charge is 0.457 e. The number of benzene rings is 2. The first-order valence-corrected chi connectivity index (χ1v) is 8.88. The number of nitro benzene ring substituents is 1. The first-order chi connectivity index (χ1) is 13.0. The average molecular weight is 380 g/mol. The first kappa shape index (κ1) is 18.5. The Bertz CT molecular complexity index is 968. The van der Waals surface area contributed by atoms with Crippen molar-refractivity contribution in [3.8, 4) is 5.75 Å². The molecule has 0 aliphatic carbocycles. The molecule has 2 aromatic carbocycles. The summed E-state index contributed by atoms with van der Waals surface area (Å²) < 4.78 is 5.75. The molecule has 0 radical (unpaired) electrons. The van der Waals surface area contributed by atoms with Crippen LogP contribution in [0.1, 0.15) is 21.3 Å². The van der Waals surface area contributed by atoms with E-state index in [0.717, 1.165) is 5.56 Å². The lowest BCUT2D eigenvalue weighted by atomic mass is 10.1. The molecule has 1 aliphatic heterocycles. The van der Waals surface area contributed by atoms with E-state index in [0.29, 0.717) is 22.0 Å². The highest BCUT2D eigenvalue weighted by molar-refractivity contribution is 7.99. The molecule has 0 spiro atoms. The molecule has 1 amide bonds. The van der Waals surface area contributed by atoms with Crippen LogP contribution in [0.5, 0.6) is 5.75 Å². The number of thioether (sulfide) groups is 1. The van der Waals surface area contributed by atoms with Crippen molar-refractivity contribution in [1.29, 1.82) is 0 Å². The van der Waals surface area contributed by atoms with Gasteiger partial charge in [0.05, 0.1) is 10.5 Å². The number of allylic oxidation sites excluding steroid dienone is 3. The summed E-state index contributed by atoms with van der Waals surface area (Å²) in [5.41, 5.74) is 1.04. The maximum absolute atomic E-state index is 12.4. The van der Waals surface area contributed by atoms with E-state index in [-0.39, 0.29) is 17.0 Å². The van der Waals surface area contributed by atoms with E-state index in [1.807, 2.05) is 18.2 Å². The molecular formula is C20H16N2O4S. The molecule has 0 aromatic heterocycles. The van der Waals surface area contributed by atoms with Crippen LogP contribution in [0.4, 0.5) is 5.69 Å². The van der Waals surface area contributed by atoms with Gasteiger partial charge in [0, 0.05) is 17.0 Å². The highest BCUT2D eigenvalue weighted by Gasteiger charge is 2.28. The highest BCUT2D eigenvalue weighted by atomic mass is 32.2. The van der Waals surface area contributed by atoms with Crippen molar-refractivity contribution in [3.05, 3.63) is 101 Å². The van der Waals surface area contributed by atoms with Crippen LogP contribution in [-0.4, -0.2) is 10.8 Å². The molecule has 136 valence electrons. The minimum absolute atomic E-state index is 0.107. The third kappa shape index (κ3) is 4.09.